The number of rotatable bonds is 18. The van der Waals surface area contributed by atoms with Crippen LogP contribution in [-0.4, -0.2) is 24.5 Å². The van der Waals surface area contributed by atoms with Crippen molar-refractivity contribution in [2.75, 3.05) is 6.61 Å². The average molecular weight is 468 g/mol. The van der Waals surface area contributed by atoms with Gasteiger partial charge in [-0.05, 0) is 30.5 Å². The number of unbranched alkanes of at least 4 members (excludes halogenated alkanes) is 12. The number of hydrogen-bond donors (Lipinski definition) is 1. The van der Waals surface area contributed by atoms with Crippen molar-refractivity contribution in [2.24, 2.45) is 5.92 Å². The molecule has 0 spiro atoms. The Morgan fingerprint density at radius 2 is 1.36 bits per heavy atom. The van der Waals surface area contributed by atoms with E-state index >= 15 is 0 Å². The predicted octanol–water partition coefficient (Wildman–Crippen LogP) is 7.35. The average Bonchev–Trinajstić information content (AvgIpc) is 2.78. The van der Waals surface area contributed by atoms with Gasteiger partial charge >= 0.3 is 5.97 Å². The van der Waals surface area contributed by atoms with Crippen LogP contribution in [0.25, 0.3) is 0 Å². The zero-order valence-electron chi connectivity index (χ0n) is 20.8. The molecule has 0 heterocycles. The SMILES string of the molecule is CCCCCCCCCCCCCCCOC(=O)C(NC(=O)c1cc(F)ccc1F)C(C)C. The Labute approximate surface area is 198 Å². The quantitative estimate of drug-likeness (QED) is 0.181. The molecule has 0 fully saturated rings. The van der Waals surface area contributed by atoms with Crippen molar-refractivity contribution < 1.29 is 23.1 Å². The van der Waals surface area contributed by atoms with Crippen LogP contribution in [0.3, 0.4) is 0 Å². The summed E-state index contributed by atoms with van der Waals surface area (Å²) in [7, 11) is 0. The highest BCUT2D eigenvalue weighted by Crippen LogP contribution is 2.14. The Balaban J connectivity index is 2.18. The van der Waals surface area contributed by atoms with E-state index in [1.54, 1.807) is 13.8 Å². The maximum absolute atomic E-state index is 13.8. The van der Waals surface area contributed by atoms with Crippen LogP contribution in [0.15, 0.2) is 18.2 Å². The first-order valence-corrected chi connectivity index (χ1v) is 12.8. The molecule has 1 aromatic carbocycles. The Hall–Kier alpha value is -1.98. The fraction of sp³-hybridized carbons (Fsp3) is 0.704. The summed E-state index contributed by atoms with van der Waals surface area (Å²) >= 11 is 0. The van der Waals surface area contributed by atoms with Gasteiger partial charge in [-0.25, -0.2) is 13.6 Å². The zero-order valence-corrected chi connectivity index (χ0v) is 20.8. The molecule has 1 rings (SSSR count). The molecular formula is C27H43F2NO3. The van der Waals surface area contributed by atoms with Crippen molar-refractivity contribution in [1.82, 2.24) is 5.32 Å². The van der Waals surface area contributed by atoms with E-state index in [0.29, 0.717) is 6.61 Å². The predicted molar refractivity (Wildman–Crippen MR) is 129 cm³/mol. The van der Waals surface area contributed by atoms with E-state index in [-0.39, 0.29) is 5.92 Å². The van der Waals surface area contributed by atoms with Gasteiger partial charge in [0, 0.05) is 0 Å². The van der Waals surface area contributed by atoms with Gasteiger partial charge in [0.1, 0.15) is 17.7 Å². The molecule has 4 nitrogen and oxygen atoms in total. The molecule has 1 N–H and O–H groups in total. The topological polar surface area (TPSA) is 55.4 Å². The second-order valence-electron chi connectivity index (χ2n) is 9.23. The zero-order chi connectivity index (χ0) is 24.5. The number of nitrogens with one attached hydrogen (secondary N) is 1. The standard InChI is InChI=1S/C27H43F2NO3/c1-4-5-6-7-8-9-10-11-12-13-14-15-16-19-33-27(32)25(21(2)3)30-26(31)23-20-22(28)17-18-24(23)29/h17-18,20-21,25H,4-16,19H2,1-3H3,(H,30,31). The molecule has 0 saturated carbocycles. The number of carbonyl (C=O) groups excluding carboxylic acids is 2. The van der Waals surface area contributed by atoms with Crippen LogP contribution in [0.5, 0.6) is 0 Å². The summed E-state index contributed by atoms with van der Waals surface area (Å²) in [6.07, 6.45) is 16.1. The largest absolute Gasteiger partial charge is 0.464 e. The van der Waals surface area contributed by atoms with Crippen molar-refractivity contribution in [3.8, 4) is 0 Å². The molecule has 1 unspecified atom stereocenters. The van der Waals surface area contributed by atoms with Crippen molar-refractivity contribution >= 4 is 11.9 Å². The first-order chi connectivity index (χ1) is 15.9. The lowest BCUT2D eigenvalue weighted by molar-refractivity contribution is -0.147. The number of carbonyl (C=O) groups is 2. The molecule has 0 aliphatic rings. The molecule has 0 aliphatic carbocycles. The Bertz CT molecular complexity index is 694. The third-order valence-electron chi connectivity index (χ3n) is 5.87. The molecule has 0 bridgehead atoms. The minimum absolute atomic E-state index is 0.246. The lowest BCUT2D eigenvalue weighted by Crippen LogP contribution is -2.45. The van der Waals surface area contributed by atoms with Gasteiger partial charge in [-0.15, -0.1) is 0 Å². The summed E-state index contributed by atoms with van der Waals surface area (Å²) in [5, 5.41) is 2.48. The number of halogens is 2. The van der Waals surface area contributed by atoms with Gasteiger partial charge in [-0.1, -0.05) is 97.8 Å². The van der Waals surface area contributed by atoms with Gasteiger partial charge in [0.05, 0.1) is 12.2 Å². The second kappa shape index (κ2) is 17.5. The number of ether oxygens (including phenoxy) is 1. The molecule has 33 heavy (non-hydrogen) atoms. The first-order valence-electron chi connectivity index (χ1n) is 12.8. The third-order valence-corrected chi connectivity index (χ3v) is 5.87. The number of amides is 1. The summed E-state index contributed by atoms with van der Waals surface area (Å²) in [6, 6.07) is 1.74. The molecule has 0 aromatic heterocycles. The van der Waals surface area contributed by atoms with E-state index < -0.39 is 35.1 Å². The second-order valence-corrected chi connectivity index (χ2v) is 9.23. The van der Waals surface area contributed by atoms with Crippen molar-refractivity contribution in [3.63, 3.8) is 0 Å². The van der Waals surface area contributed by atoms with Crippen molar-refractivity contribution in [2.45, 2.75) is 110 Å². The normalized spacial score (nSPS) is 12.1. The highest BCUT2D eigenvalue weighted by molar-refractivity contribution is 5.97. The number of benzene rings is 1. The van der Waals surface area contributed by atoms with Crippen LogP contribution in [0.1, 0.15) is 115 Å². The summed E-state index contributed by atoms with van der Waals surface area (Å²) in [4.78, 5) is 24.7. The fourth-order valence-corrected chi connectivity index (χ4v) is 3.77. The van der Waals surface area contributed by atoms with E-state index in [1.807, 2.05) is 0 Å². The van der Waals surface area contributed by atoms with Crippen LogP contribution < -0.4 is 5.32 Å². The van der Waals surface area contributed by atoms with Crippen LogP contribution in [-0.2, 0) is 9.53 Å². The Kier molecular flexibility index (Phi) is 15.4. The summed E-state index contributed by atoms with van der Waals surface area (Å²) in [5.74, 6) is -3.17. The van der Waals surface area contributed by atoms with Crippen molar-refractivity contribution in [1.29, 1.82) is 0 Å². The summed E-state index contributed by atoms with van der Waals surface area (Å²) in [6.45, 7) is 6.06. The van der Waals surface area contributed by atoms with E-state index in [4.69, 9.17) is 4.74 Å². The van der Waals surface area contributed by atoms with Gasteiger partial charge in [0.15, 0.2) is 0 Å². The monoisotopic (exact) mass is 467 g/mol. The smallest absolute Gasteiger partial charge is 0.328 e. The van der Waals surface area contributed by atoms with Gasteiger partial charge < -0.3 is 10.1 Å². The van der Waals surface area contributed by atoms with Crippen LogP contribution in [0.2, 0.25) is 0 Å². The molecule has 1 amide bonds. The minimum atomic E-state index is -0.915. The van der Waals surface area contributed by atoms with E-state index in [9.17, 15) is 18.4 Å². The summed E-state index contributed by atoms with van der Waals surface area (Å²) in [5.41, 5.74) is -0.426. The minimum Gasteiger partial charge on any atom is -0.464 e. The molecule has 1 aromatic rings. The Morgan fingerprint density at radius 3 is 1.88 bits per heavy atom. The maximum Gasteiger partial charge on any atom is 0.328 e. The van der Waals surface area contributed by atoms with E-state index in [0.717, 1.165) is 37.5 Å². The highest BCUT2D eigenvalue weighted by atomic mass is 19.1. The molecular weight excluding hydrogens is 424 g/mol. The van der Waals surface area contributed by atoms with Crippen LogP contribution in [0.4, 0.5) is 8.78 Å². The van der Waals surface area contributed by atoms with Gasteiger partial charge in [-0.3, -0.25) is 4.79 Å². The molecule has 0 saturated heterocycles. The molecule has 0 radical (unpaired) electrons. The summed E-state index contributed by atoms with van der Waals surface area (Å²) < 4.78 is 32.5. The van der Waals surface area contributed by atoms with Gasteiger partial charge in [0.2, 0.25) is 0 Å². The highest BCUT2D eigenvalue weighted by Gasteiger charge is 2.27. The van der Waals surface area contributed by atoms with Crippen LogP contribution in [0, 0.1) is 17.6 Å². The third kappa shape index (κ3) is 12.7. The van der Waals surface area contributed by atoms with E-state index in [2.05, 4.69) is 12.2 Å². The molecule has 0 aliphatic heterocycles. The maximum atomic E-state index is 13.8. The molecule has 6 heteroatoms. The van der Waals surface area contributed by atoms with E-state index in [1.165, 1.54) is 64.2 Å². The first kappa shape index (κ1) is 29.1. The van der Waals surface area contributed by atoms with Crippen molar-refractivity contribution in [3.05, 3.63) is 35.4 Å². The lowest BCUT2D eigenvalue weighted by Gasteiger charge is -2.21. The van der Waals surface area contributed by atoms with Gasteiger partial charge in [0.25, 0.3) is 5.91 Å². The molecule has 188 valence electrons. The number of hydrogen-bond acceptors (Lipinski definition) is 3. The van der Waals surface area contributed by atoms with Gasteiger partial charge in [-0.2, -0.15) is 0 Å². The molecule has 1 atom stereocenters. The Morgan fingerprint density at radius 1 is 0.848 bits per heavy atom. The lowest BCUT2D eigenvalue weighted by atomic mass is 10.0. The number of esters is 1. The fourth-order valence-electron chi connectivity index (χ4n) is 3.77. The van der Waals surface area contributed by atoms with Crippen LogP contribution >= 0.6 is 0 Å².